The maximum absolute atomic E-state index is 10.4. The van der Waals surface area contributed by atoms with Crippen molar-refractivity contribution in [3.63, 3.8) is 0 Å². The van der Waals surface area contributed by atoms with Crippen LogP contribution in [0, 0.1) is 5.92 Å². The van der Waals surface area contributed by atoms with Gasteiger partial charge < -0.3 is 45.4 Å². The quantitative estimate of drug-likeness (QED) is 0.274. The minimum absolute atomic E-state index is 0.103. The number of β-amino-alcohol motifs (C(OH)–C–C–N with tert-alkyl or cyclic N) is 1. The van der Waals surface area contributed by atoms with Crippen molar-refractivity contribution in [1.29, 1.82) is 0 Å². The number of aliphatic hydroxyl groups excluding tert-OH is 6. The molecule has 0 bridgehead atoms. The molecule has 124 valence electrons. The van der Waals surface area contributed by atoms with Gasteiger partial charge in [0.15, 0.2) is 6.29 Å². The Balaban J connectivity index is 2.15. The predicted molar refractivity (Wildman–Crippen MR) is 68.1 cm³/mol. The third kappa shape index (κ3) is 3.07. The highest BCUT2D eigenvalue weighted by molar-refractivity contribution is 5.01. The van der Waals surface area contributed by atoms with Crippen LogP contribution < -0.4 is 5.32 Å². The fraction of sp³-hybridized carbons (Fsp3) is 1.00. The first-order valence-corrected chi connectivity index (χ1v) is 6.85. The lowest BCUT2D eigenvalue weighted by atomic mass is 9.82. The second-order valence-corrected chi connectivity index (χ2v) is 5.50. The van der Waals surface area contributed by atoms with Gasteiger partial charge in [0.2, 0.25) is 0 Å². The van der Waals surface area contributed by atoms with Crippen LogP contribution in [0.5, 0.6) is 0 Å². The van der Waals surface area contributed by atoms with Gasteiger partial charge in [-0.3, -0.25) is 0 Å². The zero-order chi connectivity index (χ0) is 15.7. The molecule has 21 heavy (non-hydrogen) atoms. The Bertz CT molecular complexity index is 343. The molecule has 2 aliphatic rings. The van der Waals surface area contributed by atoms with E-state index in [1.807, 2.05) is 0 Å². The average Bonchev–Trinajstić information content (AvgIpc) is 2.81. The number of hydrogen-bond acceptors (Lipinski definition) is 9. The summed E-state index contributed by atoms with van der Waals surface area (Å²) in [5.41, 5.74) is 0. The molecular formula is C12H23NO8. The summed E-state index contributed by atoms with van der Waals surface area (Å²) >= 11 is 0. The van der Waals surface area contributed by atoms with Crippen molar-refractivity contribution in [2.75, 3.05) is 20.3 Å². The lowest BCUT2D eigenvalue weighted by Gasteiger charge is -2.44. The Morgan fingerprint density at radius 1 is 1.19 bits per heavy atom. The van der Waals surface area contributed by atoms with Crippen LogP contribution in [0.2, 0.25) is 0 Å². The van der Waals surface area contributed by atoms with Crippen LogP contribution in [-0.4, -0.2) is 99.9 Å². The minimum atomic E-state index is -1.41. The Morgan fingerprint density at radius 3 is 2.33 bits per heavy atom. The summed E-state index contributed by atoms with van der Waals surface area (Å²) < 4.78 is 10.4. The highest BCUT2D eigenvalue weighted by Gasteiger charge is 2.51. The van der Waals surface area contributed by atoms with Gasteiger partial charge in [0, 0.05) is 13.7 Å². The third-order valence-corrected chi connectivity index (χ3v) is 4.25. The van der Waals surface area contributed by atoms with Crippen molar-refractivity contribution in [3.05, 3.63) is 0 Å². The van der Waals surface area contributed by atoms with E-state index in [1.54, 1.807) is 0 Å². The van der Waals surface area contributed by atoms with Crippen molar-refractivity contribution in [2.45, 2.75) is 49.0 Å². The lowest BCUT2D eigenvalue weighted by molar-refractivity contribution is -0.295. The Labute approximate surface area is 121 Å². The summed E-state index contributed by atoms with van der Waals surface area (Å²) in [6, 6.07) is -0.890. The van der Waals surface area contributed by atoms with Gasteiger partial charge in [0.25, 0.3) is 0 Å². The molecule has 9 nitrogen and oxygen atoms in total. The molecule has 9 atom stereocenters. The Hall–Kier alpha value is -0.360. The van der Waals surface area contributed by atoms with Gasteiger partial charge in [0.1, 0.15) is 12.2 Å². The summed E-state index contributed by atoms with van der Waals surface area (Å²) in [4.78, 5) is 0. The molecule has 0 amide bonds. The maximum atomic E-state index is 10.4. The van der Waals surface area contributed by atoms with Crippen LogP contribution in [0.15, 0.2) is 0 Å². The number of methoxy groups -OCH3 is 1. The van der Waals surface area contributed by atoms with Crippen LogP contribution >= 0.6 is 0 Å². The molecule has 0 saturated carbocycles. The van der Waals surface area contributed by atoms with Gasteiger partial charge >= 0.3 is 0 Å². The number of ether oxygens (including phenoxy) is 2. The number of nitrogens with one attached hydrogen (secondary N) is 1. The average molecular weight is 309 g/mol. The molecule has 0 aromatic carbocycles. The molecule has 2 rings (SSSR count). The fourth-order valence-corrected chi connectivity index (χ4v) is 2.98. The summed E-state index contributed by atoms with van der Waals surface area (Å²) in [6.45, 7) is -0.407. The molecule has 2 fully saturated rings. The van der Waals surface area contributed by atoms with Gasteiger partial charge in [-0.05, 0) is 0 Å². The second kappa shape index (κ2) is 6.82. The summed E-state index contributed by atoms with van der Waals surface area (Å²) in [6.07, 6.45) is -8.47. The van der Waals surface area contributed by atoms with E-state index in [9.17, 15) is 25.5 Å². The van der Waals surface area contributed by atoms with E-state index in [0.717, 1.165) is 0 Å². The van der Waals surface area contributed by atoms with Gasteiger partial charge in [-0.25, -0.2) is 0 Å². The van der Waals surface area contributed by atoms with Crippen LogP contribution in [-0.2, 0) is 9.47 Å². The molecule has 7 N–H and O–H groups in total. The van der Waals surface area contributed by atoms with E-state index >= 15 is 0 Å². The third-order valence-electron chi connectivity index (χ3n) is 4.25. The molecule has 2 saturated heterocycles. The number of aliphatic hydroxyl groups is 6. The van der Waals surface area contributed by atoms with Crippen molar-refractivity contribution in [2.24, 2.45) is 5.92 Å². The largest absolute Gasteiger partial charge is 0.394 e. The molecule has 0 radical (unpaired) electrons. The van der Waals surface area contributed by atoms with E-state index in [-0.39, 0.29) is 6.54 Å². The fourth-order valence-electron chi connectivity index (χ4n) is 2.98. The number of rotatable bonds is 4. The second-order valence-electron chi connectivity index (χ2n) is 5.50. The summed E-state index contributed by atoms with van der Waals surface area (Å²) in [5, 5.41) is 61.6. The van der Waals surface area contributed by atoms with Gasteiger partial charge in [-0.1, -0.05) is 0 Å². The van der Waals surface area contributed by atoms with Crippen LogP contribution in [0.25, 0.3) is 0 Å². The Morgan fingerprint density at radius 2 is 1.86 bits per heavy atom. The first-order valence-electron chi connectivity index (χ1n) is 6.85. The molecule has 0 spiro atoms. The topological polar surface area (TPSA) is 152 Å². The molecular weight excluding hydrogens is 286 g/mol. The van der Waals surface area contributed by atoms with Crippen LogP contribution in [0.4, 0.5) is 0 Å². The van der Waals surface area contributed by atoms with Crippen molar-refractivity contribution >= 4 is 0 Å². The maximum Gasteiger partial charge on any atom is 0.165 e. The first-order chi connectivity index (χ1) is 9.92. The van der Waals surface area contributed by atoms with Crippen LogP contribution in [0.3, 0.4) is 0 Å². The lowest BCUT2D eigenvalue weighted by Crippen LogP contribution is -2.62. The Kier molecular flexibility index (Phi) is 5.52. The smallest absolute Gasteiger partial charge is 0.165 e. The standard InChI is InChI=1S/C12H23NO8/c1-20-12-6(11(19)9(17)5(3-14)21-12)10(18)7-8(16)4(15)2-13-7/h4-19H,2-3H2,1H3/t4?,5?,6?,7-,8?,9-,10+,11?,12+/m1/s1. The minimum Gasteiger partial charge on any atom is -0.394 e. The summed E-state index contributed by atoms with van der Waals surface area (Å²) in [7, 11) is 1.30. The van der Waals surface area contributed by atoms with E-state index in [1.165, 1.54) is 7.11 Å². The van der Waals surface area contributed by atoms with E-state index in [2.05, 4.69) is 5.32 Å². The zero-order valence-corrected chi connectivity index (χ0v) is 11.6. The highest BCUT2D eigenvalue weighted by atomic mass is 16.7. The van der Waals surface area contributed by atoms with Crippen molar-refractivity contribution in [1.82, 2.24) is 5.32 Å². The van der Waals surface area contributed by atoms with Crippen molar-refractivity contribution in [3.8, 4) is 0 Å². The molecule has 0 aromatic heterocycles. The molecule has 0 aliphatic carbocycles. The molecule has 5 unspecified atom stereocenters. The van der Waals surface area contributed by atoms with Crippen molar-refractivity contribution < 1.29 is 40.1 Å². The first kappa shape index (κ1) is 17.0. The SMILES string of the molecule is CO[C@H]1OC(CO)[C@@H](O)C(O)C1[C@H](O)[C@@H]1NCC(O)C1O. The molecule has 2 heterocycles. The molecule has 2 aliphatic heterocycles. The molecule has 0 aromatic rings. The van der Waals surface area contributed by atoms with E-state index < -0.39 is 61.5 Å². The normalized spacial score (nSPS) is 49.3. The van der Waals surface area contributed by atoms with E-state index in [4.69, 9.17) is 14.6 Å². The highest BCUT2D eigenvalue weighted by Crippen LogP contribution is 2.32. The monoisotopic (exact) mass is 309 g/mol. The molecule has 9 heteroatoms. The van der Waals surface area contributed by atoms with Gasteiger partial charge in [0.05, 0.1) is 43.0 Å². The van der Waals surface area contributed by atoms with Gasteiger partial charge in [-0.2, -0.15) is 0 Å². The van der Waals surface area contributed by atoms with E-state index in [0.29, 0.717) is 0 Å². The summed E-state index contributed by atoms with van der Waals surface area (Å²) in [5.74, 6) is -1.05. The number of hydrogen-bond donors (Lipinski definition) is 7. The zero-order valence-electron chi connectivity index (χ0n) is 11.6. The van der Waals surface area contributed by atoms with Gasteiger partial charge in [-0.15, -0.1) is 0 Å². The van der Waals surface area contributed by atoms with Crippen LogP contribution in [0.1, 0.15) is 0 Å². The predicted octanol–water partition coefficient (Wildman–Crippen LogP) is -4.26.